The number of nitrogens with zero attached hydrogens (tertiary/aromatic N) is 5. The van der Waals surface area contributed by atoms with E-state index >= 15 is 0 Å². The summed E-state index contributed by atoms with van der Waals surface area (Å²) in [4.78, 5) is 32.1. The molecule has 3 aromatic heterocycles. The molecule has 0 aliphatic carbocycles. The van der Waals surface area contributed by atoms with E-state index in [1.165, 1.54) is 0 Å². The number of aryl methyl sites for hydroxylation is 1. The number of hydrogen-bond acceptors (Lipinski definition) is 6. The number of carbonyl (C=O) groups excluding carboxylic acids is 1. The van der Waals surface area contributed by atoms with E-state index in [4.69, 9.17) is 0 Å². The van der Waals surface area contributed by atoms with E-state index < -0.39 is 0 Å². The number of likely N-dealkylation sites (tertiary alicyclic amines) is 1. The Morgan fingerprint density at radius 3 is 2.82 bits per heavy atom. The number of aromatic nitrogens is 4. The van der Waals surface area contributed by atoms with Crippen molar-refractivity contribution in [3.05, 3.63) is 71.9 Å². The highest BCUT2D eigenvalue weighted by molar-refractivity contribution is 5.92. The zero-order chi connectivity index (χ0) is 19.3. The van der Waals surface area contributed by atoms with Crippen LogP contribution in [0.1, 0.15) is 40.5 Å². The number of amides is 1. The average Bonchev–Trinajstić information content (AvgIpc) is 2.76. The van der Waals surface area contributed by atoms with Crippen LogP contribution in [-0.4, -0.2) is 43.8 Å². The summed E-state index contributed by atoms with van der Waals surface area (Å²) in [6, 6.07) is 11.2. The molecular formula is C21H22N6O. The van der Waals surface area contributed by atoms with E-state index in [1.54, 1.807) is 24.7 Å². The number of rotatable bonds is 4. The highest BCUT2D eigenvalue weighted by Gasteiger charge is 2.27. The normalized spacial score (nSPS) is 16.6. The molecule has 1 fully saturated rings. The van der Waals surface area contributed by atoms with Crippen LogP contribution in [0.25, 0.3) is 0 Å². The van der Waals surface area contributed by atoms with Gasteiger partial charge in [0.2, 0.25) is 5.95 Å². The van der Waals surface area contributed by atoms with Gasteiger partial charge in [0.25, 0.3) is 5.91 Å². The highest BCUT2D eigenvalue weighted by atomic mass is 16.2. The van der Waals surface area contributed by atoms with Gasteiger partial charge in [0.05, 0.1) is 5.69 Å². The van der Waals surface area contributed by atoms with Crippen molar-refractivity contribution in [3.8, 4) is 0 Å². The van der Waals surface area contributed by atoms with E-state index in [0.29, 0.717) is 24.0 Å². The molecule has 1 saturated heterocycles. The number of nitrogens with one attached hydrogen (secondary N) is 1. The quantitative estimate of drug-likeness (QED) is 0.754. The summed E-state index contributed by atoms with van der Waals surface area (Å²) in [6.45, 7) is 3.37. The van der Waals surface area contributed by atoms with Gasteiger partial charge >= 0.3 is 0 Å². The third-order valence-corrected chi connectivity index (χ3v) is 4.84. The lowest BCUT2D eigenvalue weighted by molar-refractivity contribution is 0.0700. The van der Waals surface area contributed by atoms with Crippen LogP contribution in [0.2, 0.25) is 0 Å². The maximum Gasteiger partial charge on any atom is 0.272 e. The minimum absolute atomic E-state index is 0.0263. The molecule has 1 aliphatic rings. The van der Waals surface area contributed by atoms with Crippen LogP contribution in [0, 0.1) is 6.92 Å². The third-order valence-electron chi connectivity index (χ3n) is 4.84. The van der Waals surface area contributed by atoms with E-state index in [0.717, 1.165) is 30.6 Å². The molecule has 0 aromatic carbocycles. The molecule has 0 bridgehead atoms. The molecule has 3 aromatic rings. The summed E-state index contributed by atoms with van der Waals surface area (Å²) in [5, 5.41) is 3.15. The Morgan fingerprint density at radius 2 is 2.04 bits per heavy atom. The number of anilines is 2. The van der Waals surface area contributed by atoms with Gasteiger partial charge in [-0.25, -0.2) is 15.0 Å². The topological polar surface area (TPSA) is 83.9 Å². The second-order valence-electron chi connectivity index (χ2n) is 6.96. The first-order chi connectivity index (χ1) is 13.7. The zero-order valence-corrected chi connectivity index (χ0v) is 15.7. The highest BCUT2D eigenvalue weighted by Crippen LogP contribution is 2.27. The number of hydrogen-bond donors (Lipinski definition) is 1. The molecular weight excluding hydrogens is 352 g/mol. The maximum absolute atomic E-state index is 12.7. The molecule has 0 unspecified atom stereocenters. The van der Waals surface area contributed by atoms with Crippen molar-refractivity contribution in [2.75, 3.05) is 18.4 Å². The van der Waals surface area contributed by atoms with Gasteiger partial charge in [0.15, 0.2) is 0 Å². The molecule has 4 heterocycles. The number of piperidine rings is 1. The fourth-order valence-electron chi connectivity index (χ4n) is 3.37. The first-order valence-corrected chi connectivity index (χ1v) is 9.42. The fraction of sp³-hybridized carbons (Fsp3) is 0.286. The Balaban J connectivity index is 1.47. The van der Waals surface area contributed by atoms with Crippen molar-refractivity contribution < 1.29 is 4.79 Å². The predicted molar refractivity (Wildman–Crippen MR) is 106 cm³/mol. The van der Waals surface area contributed by atoms with Crippen LogP contribution in [0.5, 0.6) is 0 Å². The van der Waals surface area contributed by atoms with Crippen LogP contribution in [0.15, 0.2) is 55.0 Å². The lowest BCUT2D eigenvalue weighted by Gasteiger charge is -2.32. The summed E-state index contributed by atoms with van der Waals surface area (Å²) in [6.07, 6.45) is 7.13. The van der Waals surface area contributed by atoms with Gasteiger partial charge in [-0.1, -0.05) is 12.1 Å². The van der Waals surface area contributed by atoms with Crippen molar-refractivity contribution in [2.24, 2.45) is 0 Å². The Morgan fingerprint density at radius 1 is 1.11 bits per heavy atom. The Hall–Kier alpha value is -3.35. The molecule has 7 heteroatoms. The summed E-state index contributed by atoms with van der Waals surface area (Å²) >= 11 is 0. The molecule has 0 radical (unpaired) electrons. The van der Waals surface area contributed by atoms with E-state index in [-0.39, 0.29) is 11.8 Å². The summed E-state index contributed by atoms with van der Waals surface area (Å²) in [5.41, 5.74) is 2.52. The SMILES string of the molecule is Cc1ccc(Nc2nccc([C@H]3CCCN(C(=O)c4ccccn4)C3)n2)nc1. The molecule has 28 heavy (non-hydrogen) atoms. The average molecular weight is 374 g/mol. The Labute approximate surface area is 163 Å². The molecule has 1 amide bonds. The van der Waals surface area contributed by atoms with Crippen molar-refractivity contribution in [1.82, 2.24) is 24.8 Å². The van der Waals surface area contributed by atoms with Crippen molar-refractivity contribution in [1.29, 1.82) is 0 Å². The van der Waals surface area contributed by atoms with Gasteiger partial charge in [-0.3, -0.25) is 9.78 Å². The fourth-order valence-corrected chi connectivity index (χ4v) is 3.37. The lowest BCUT2D eigenvalue weighted by Crippen LogP contribution is -2.39. The smallest absolute Gasteiger partial charge is 0.272 e. The second kappa shape index (κ2) is 8.12. The molecule has 142 valence electrons. The van der Waals surface area contributed by atoms with Crippen LogP contribution >= 0.6 is 0 Å². The Kier molecular flexibility index (Phi) is 5.23. The van der Waals surface area contributed by atoms with E-state index in [9.17, 15) is 4.79 Å². The molecule has 1 N–H and O–H groups in total. The third kappa shape index (κ3) is 4.14. The second-order valence-corrected chi connectivity index (χ2v) is 6.96. The van der Waals surface area contributed by atoms with Crippen LogP contribution in [-0.2, 0) is 0 Å². The van der Waals surface area contributed by atoms with E-state index in [1.807, 2.05) is 42.2 Å². The standard InChI is InChI=1S/C21H22N6O/c1-15-7-8-19(24-13-15)26-21-23-11-9-17(25-21)16-5-4-12-27(14-16)20(28)18-6-2-3-10-22-18/h2-3,6-11,13,16H,4-5,12,14H2,1H3,(H,23,24,25,26)/t16-/m0/s1. The monoisotopic (exact) mass is 374 g/mol. The van der Waals surface area contributed by atoms with Crippen molar-refractivity contribution in [2.45, 2.75) is 25.7 Å². The number of carbonyl (C=O) groups is 1. The molecule has 0 saturated carbocycles. The largest absolute Gasteiger partial charge is 0.337 e. The van der Waals surface area contributed by atoms with Gasteiger partial charge in [-0.05, 0) is 49.6 Å². The Bertz CT molecular complexity index is 945. The van der Waals surface area contributed by atoms with Crippen molar-refractivity contribution >= 4 is 17.7 Å². The minimum atomic E-state index is -0.0263. The molecule has 7 nitrogen and oxygen atoms in total. The zero-order valence-electron chi connectivity index (χ0n) is 15.7. The van der Waals surface area contributed by atoms with E-state index in [2.05, 4.69) is 25.3 Å². The molecule has 4 rings (SSSR count). The van der Waals surface area contributed by atoms with Gasteiger partial charge in [0, 0.05) is 37.6 Å². The summed E-state index contributed by atoms with van der Waals surface area (Å²) in [7, 11) is 0. The van der Waals surface area contributed by atoms with Gasteiger partial charge in [0.1, 0.15) is 11.5 Å². The van der Waals surface area contributed by atoms with Gasteiger partial charge < -0.3 is 10.2 Å². The maximum atomic E-state index is 12.7. The summed E-state index contributed by atoms with van der Waals surface area (Å²) < 4.78 is 0. The van der Waals surface area contributed by atoms with Crippen molar-refractivity contribution in [3.63, 3.8) is 0 Å². The van der Waals surface area contributed by atoms with Crippen LogP contribution < -0.4 is 5.32 Å². The van der Waals surface area contributed by atoms with Gasteiger partial charge in [-0.15, -0.1) is 0 Å². The molecule has 1 atom stereocenters. The molecule has 1 aliphatic heterocycles. The first-order valence-electron chi connectivity index (χ1n) is 9.42. The summed E-state index contributed by atoms with van der Waals surface area (Å²) in [5.74, 6) is 1.37. The minimum Gasteiger partial charge on any atom is -0.337 e. The predicted octanol–water partition coefficient (Wildman–Crippen LogP) is 3.34. The van der Waals surface area contributed by atoms with Gasteiger partial charge in [-0.2, -0.15) is 0 Å². The number of pyridine rings is 2. The van der Waals surface area contributed by atoms with Crippen LogP contribution in [0.4, 0.5) is 11.8 Å². The first kappa shape index (κ1) is 18.0. The van der Waals surface area contributed by atoms with Crippen LogP contribution in [0.3, 0.4) is 0 Å². The molecule has 0 spiro atoms. The lowest BCUT2D eigenvalue weighted by atomic mass is 9.94.